The molecule has 0 unspecified atom stereocenters. The van der Waals surface area contributed by atoms with E-state index in [-0.39, 0.29) is 11.7 Å². The molecule has 1 aromatic heterocycles. The quantitative estimate of drug-likeness (QED) is 0.878. The number of thioether (sulfide) groups is 1. The molecule has 0 saturated carbocycles. The van der Waals surface area contributed by atoms with Gasteiger partial charge >= 0.3 is 6.18 Å². The summed E-state index contributed by atoms with van der Waals surface area (Å²) < 4.78 is 42.9. The van der Waals surface area contributed by atoms with E-state index in [4.69, 9.17) is 10.5 Å². The summed E-state index contributed by atoms with van der Waals surface area (Å²) in [4.78, 5) is 7.44. The lowest BCUT2D eigenvalue weighted by atomic mass is 10.3. The second-order valence-corrected chi connectivity index (χ2v) is 4.61. The van der Waals surface area contributed by atoms with E-state index in [0.717, 1.165) is 11.0 Å². The minimum atomic E-state index is -4.67. The van der Waals surface area contributed by atoms with Crippen LogP contribution in [0.5, 0.6) is 11.6 Å². The molecular formula is C12H10F3N3OS. The first-order valence-corrected chi connectivity index (χ1v) is 6.64. The van der Waals surface area contributed by atoms with E-state index >= 15 is 0 Å². The highest BCUT2D eigenvalue weighted by molar-refractivity contribution is 7.98. The smallest absolute Gasteiger partial charge is 0.439 e. The zero-order valence-electron chi connectivity index (χ0n) is 10.3. The van der Waals surface area contributed by atoms with Crippen LogP contribution in [0.4, 0.5) is 19.0 Å². The van der Waals surface area contributed by atoms with Crippen molar-refractivity contribution < 1.29 is 17.9 Å². The number of anilines is 1. The summed E-state index contributed by atoms with van der Waals surface area (Å²) >= 11 is 1.54. The van der Waals surface area contributed by atoms with E-state index in [9.17, 15) is 13.2 Å². The molecule has 0 fully saturated rings. The molecule has 0 aliphatic carbocycles. The molecule has 0 atom stereocenters. The zero-order valence-corrected chi connectivity index (χ0v) is 11.1. The third kappa shape index (κ3) is 3.53. The molecule has 8 heteroatoms. The summed E-state index contributed by atoms with van der Waals surface area (Å²) in [5.74, 6) is -1.51. The van der Waals surface area contributed by atoms with Gasteiger partial charge < -0.3 is 10.5 Å². The molecule has 4 nitrogen and oxygen atoms in total. The van der Waals surface area contributed by atoms with Crippen molar-refractivity contribution in [3.8, 4) is 11.6 Å². The van der Waals surface area contributed by atoms with Gasteiger partial charge in [-0.25, -0.2) is 4.98 Å². The fourth-order valence-corrected chi connectivity index (χ4v) is 1.79. The number of aromatic nitrogens is 2. The Bertz CT molecular complexity index is 602. The molecule has 0 radical (unpaired) electrons. The lowest BCUT2D eigenvalue weighted by Gasteiger charge is -2.09. The highest BCUT2D eigenvalue weighted by Crippen LogP contribution is 2.30. The van der Waals surface area contributed by atoms with Crippen molar-refractivity contribution in [3.63, 3.8) is 0 Å². The second kappa shape index (κ2) is 5.58. The average Bonchev–Trinajstić information content (AvgIpc) is 2.38. The van der Waals surface area contributed by atoms with Crippen molar-refractivity contribution in [2.24, 2.45) is 0 Å². The Hall–Kier alpha value is -1.96. The Morgan fingerprint density at radius 3 is 2.35 bits per heavy atom. The maximum absolute atomic E-state index is 12.5. The molecule has 0 spiro atoms. The van der Waals surface area contributed by atoms with Gasteiger partial charge in [0, 0.05) is 11.0 Å². The van der Waals surface area contributed by atoms with Crippen LogP contribution in [-0.4, -0.2) is 16.2 Å². The molecule has 0 aliphatic rings. The normalized spacial score (nSPS) is 11.4. The highest BCUT2D eigenvalue weighted by atomic mass is 32.2. The number of rotatable bonds is 3. The number of nitrogens with zero attached hydrogens (tertiary/aromatic N) is 2. The van der Waals surface area contributed by atoms with Crippen LogP contribution in [0, 0.1) is 0 Å². The molecule has 0 aliphatic heterocycles. The maximum atomic E-state index is 12.5. The third-order valence-electron chi connectivity index (χ3n) is 2.26. The Morgan fingerprint density at radius 1 is 1.15 bits per heavy atom. The number of alkyl halides is 3. The van der Waals surface area contributed by atoms with Crippen LogP contribution >= 0.6 is 11.8 Å². The molecule has 20 heavy (non-hydrogen) atoms. The van der Waals surface area contributed by atoms with Gasteiger partial charge in [-0.2, -0.15) is 18.2 Å². The average molecular weight is 301 g/mol. The van der Waals surface area contributed by atoms with Crippen LogP contribution in [0.2, 0.25) is 0 Å². The van der Waals surface area contributed by atoms with Crippen LogP contribution < -0.4 is 10.5 Å². The first-order chi connectivity index (χ1) is 9.38. The number of hydrogen-bond acceptors (Lipinski definition) is 5. The van der Waals surface area contributed by atoms with Crippen molar-refractivity contribution in [2.45, 2.75) is 11.1 Å². The van der Waals surface area contributed by atoms with Gasteiger partial charge in [0.1, 0.15) is 11.6 Å². The topological polar surface area (TPSA) is 61.0 Å². The molecule has 1 aromatic carbocycles. The number of halogens is 3. The van der Waals surface area contributed by atoms with Crippen LogP contribution in [0.25, 0.3) is 0 Å². The summed E-state index contributed by atoms with van der Waals surface area (Å²) in [6.45, 7) is 0. The lowest BCUT2D eigenvalue weighted by Crippen LogP contribution is -2.12. The number of hydrogen-bond donors (Lipinski definition) is 1. The molecule has 0 amide bonds. The maximum Gasteiger partial charge on any atom is 0.451 e. The Kier molecular flexibility index (Phi) is 4.03. The molecule has 106 valence electrons. The molecule has 2 N–H and O–H groups in total. The second-order valence-electron chi connectivity index (χ2n) is 3.73. The third-order valence-corrected chi connectivity index (χ3v) is 3.00. The number of benzene rings is 1. The van der Waals surface area contributed by atoms with E-state index in [1.807, 2.05) is 6.26 Å². The highest BCUT2D eigenvalue weighted by Gasteiger charge is 2.35. The number of nitrogens with two attached hydrogens (primary N) is 1. The fourth-order valence-electron chi connectivity index (χ4n) is 1.39. The standard InChI is InChI=1S/C12H10F3N3OS/c1-20-8-4-2-7(3-5-8)19-10-6-9(16)17-11(18-10)12(13,14)15/h2-6H,1H3,(H2,16,17,18). The molecule has 1 heterocycles. The van der Waals surface area contributed by atoms with E-state index in [0.29, 0.717) is 5.75 Å². The molecule has 0 saturated heterocycles. The predicted molar refractivity (Wildman–Crippen MR) is 69.7 cm³/mol. The lowest BCUT2D eigenvalue weighted by molar-refractivity contribution is -0.145. The van der Waals surface area contributed by atoms with Crippen LogP contribution in [0.15, 0.2) is 35.2 Å². The first kappa shape index (κ1) is 14.4. The van der Waals surface area contributed by atoms with Crippen molar-refractivity contribution in [2.75, 3.05) is 12.0 Å². The number of nitrogen functional groups attached to an aromatic ring is 1. The minimum absolute atomic E-state index is 0.248. The molecular weight excluding hydrogens is 291 g/mol. The van der Waals surface area contributed by atoms with Gasteiger partial charge in [-0.1, -0.05) is 0 Å². The summed E-state index contributed by atoms with van der Waals surface area (Å²) in [6, 6.07) is 7.98. The van der Waals surface area contributed by atoms with Gasteiger partial charge in [-0.05, 0) is 30.5 Å². The van der Waals surface area contributed by atoms with Gasteiger partial charge in [0.25, 0.3) is 0 Å². The molecule has 2 rings (SSSR count). The summed E-state index contributed by atoms with van der Waals surface area (Å²) in [7, 11) is 0. The van der Waals surface area contributed by atoms with Crippen LogP contribution in [0.3, 0.4) is 0 Å². The fraction of sp³-hybridized carbons (Fsp3) is 0.167. The first-order valence-electron chi connectivity index (χ1n) is 5.42. The van der Waals surface area contributed by atoms with Gasteiger partial charge in [0.15, 0.2) is 0 Å². The summed E-state index contributed by atoms with van der Waals surface area (Å²) in [5, 5.41) is 0. The predicted octanol–water partition coefficient (Wildman–Crippen LogP) is 3.59. The van der Waals surface area contributed by atoms with Crippen molar-refractivity contribution in [1.29, 1.82) is 0 Å². The Morgan fingerprint density at radius 2 is 1.80 bits per heavy atom. The van der Waals surface area contributed by atoms with Crippen LogP contribution in [-0.2, 0) is 6.18 Å². The minimum Gasteiger partial charge on any atom is -0.439 e. The van der Waals surface area contributed by atoms with Crippen molar-refractivity contribution in [1.82, 2.24) is 9.97 Å². The molecule has 2 aromatic rings. The van der Waals surface area contributed by atoms with E-state index < -0.39 is 12.0 Å². The van der Waals surface area contributed by atoms with Crippen molar-refractivity contribution >= 4 is 17.6 Å². The largest absolute Gasteiger partial charge is 0.451 e. The van der Waals surface area contributed by atoms with E-state index in [1.165, 1.54) is 0 Å². The monoisotopic (exact) mass is 301 g/mol. The van der Waals surface area contributed by atoms with E-state index in [2.05, 4.69) is 9.97 Å². The van der Waals surface area contributed by atoms with Gasteiger partial charge in [-0.3, -0.25) is 0 Å². The van der Waals surface area contributed by atoms with Crippen molar-refractivity contribution in [3.05, 3.63) is 36.2 Å². The zero-order chi connectivity index (χ0) is 14.8. The van der Waals surface area contributed by atoms with E-state index in [1.54, 1.807) is 36.0 Å². The Balaban J connectivity index is 2.26. The summed E-state index contributed by atoms with van der Waals surface area (Å²) in [5.41, 5.74) is 5.32. The SMILES string of the molecule is CSc1ccc(Oc2cc(N)nc(C(F)(F)F)n2)cc1. The summed E-state index contributed by atoms with van der Waals surface area (Å²) in [6.07, 6.45) is -2.76. The van der Waals surface area contributed by atoms with Gasteiger partial charge in [0.2, 0.25) is 11.7 Å². The van der Waals surface area contributed by atoms with Gasteiger partial charge in [0.05, 0.1) is 0 Å². The van der Waals surface area contributed by atoms with Gasteiger partial charge in [-0.15, -0.1) is 11.8 Å². The van der Waals surface area contributed by atoms with Crippen LogP contribution in [0.1, 0.15) is 5.82 Å². The Labute approximate surface area is 117 Å². The number of ether oxygens (including phenoxy) is 1. The molecule has 0 bridgehead atoms.